The molecule has 2 aromatic carbocycles. The number of carbonyl (C=O) groups excluding carboxylic acids is 1. The van der Waals surface area contributed by atoms with Gasteiger partial charge in [0.2, 0.25) is 5.60 Å². The molecule has 0 saturated heterocycles. The molecule has 5 nitrogen and oxygen atoms in total. The Bertz CT molecular complexity index is 717. The molecule has 0 amide bonds. The van der Waals surface area contributed by atoms with Gasteiger partial charge in [0.15, 0.2) is 0 Å². The van der Waals surface area contributed by atoms with Crippen LogP contribution in [0.3, 0.4) is 0 Å². The van der Waals surface area contributed by atoms with E-state index in [-0.39, 0.29) is 0 Å². The van der Waals surface area contributed by atoms with Crippen molar-refractivity contribution in [2.24, 2.45) is 0 Å². The van der Waals surface area contributed by atoms with Gasteiger partial charge in [-0.05, 0) is 25.7 Å². The molecule has 1 aliphatic rings. The van der Waals surface area contributed by atoms with E-state index >= 15 is 0 Å². The lowest BCUT2D eigenvalue weighted by Gasteiger charge is -2.31. The van der Waals surface area contributed by atoms with Crippen LogP contribution in [0.25, 0.3) is 0 Å². The van der Waals surface area contributed by atoms with Gasteiger partial charge >= 0.3 is 5.97 Å². The van der Waals surface area contributed by atoms with E-state index in [4.69, 9.17) is 14.2 Å². The SMILES string of the molecule is CN(C)CCOC(=O)C1(c2ccccc2)OCCOc2ccccc21. The van der Waals surface area contributed by atoms with Gasteiger partial charge in [-0.2, -0.15) is 0 Å². The molecular formula is C20H23NO4. The molecule has 1 aliphatic heterocycles. The maximum atomic E-state index is 13.2. The van der Waals surface area contributed by atoms with Crippen molar-refractivity contribution in [3.05, 3.63) is 65.7 Å². The Labute approximate surface area is 148 Å². The summed E-state index contributed by atoms with van der Waals surface area (Å²) < 4.78 is 17.5. The summed E-state index contributed by atoms with van der Waals surface area (Å²) in [5.41, 5.74) is 0.0945. The number of ether oxygens (including phenoxy) is 3. The summed E-state index contributed by atoms with van der Waals surface area (Å²) in [6.07, 6.45) is 0. The van der Waals surface area contributed by atoms with E-state index in [1.54, 1.807) is 0 Å². The van der Waals surface area contributed by atoms with E-state index < -0.39 is 11.6 Å². The van der Waals surface area contributed by atoms with E-state index in [2.05, 4.69) is 0 Å². The summed E-state index contributed by atoms with van der Waals surface area (Å²) in [4.78, 5) is 15.2. The summed E-state index contributed by atoms with van der Waals surface area (Å²) >= 11 is 0. The topological polar surface area (TPSA) is 48.0 Å². The predicted molar refractivity (Wildman–Crippen MR) is 94.6 cm³/mol. The Morgan fingerprint density at radius 1 is 1.08 bits per heavy atom. The molecule has 0 aliphatic carbocycles. The van der Waals surface area contributed by atoms with Crippen LogP contribution in [-0.4, -0.2) is 51.3 Å². The Kier molecular flexibility index (Phi) is 5.36. The molecule has 0 saturated carbocycles. The molecule has 132 valence electrons. The number of hydrogen-bond acceptors (Lipinski definition) is 5. The van der Waals surface area contributed by atoms with Gasteiger partial charge < -0.3 is 19.1 Å². The summed E-state index contributed by atoms with van der Waals surface area (Å²) in [7, 11) is 3.87. The minimum absolute atomic E-state index is 0.298. The standard InChI is InChI=1S/C20H23NO4/c1-21(2)12-13-24-19(22)20(16-8-4-3-5-9-16)17-10-6-7-11-18(17)23-14-15-25-20/h3-11H,12-15H2,1-2H3. The third kappa shape index (κ3) is 3.52. The average molecular weight is 341 g/mol. The maximum absolute atomic E-state index is 13.2. The molecule has 0 radical (unpaired) electrons. The van der Waals surface area contributed by atoms with E-state index in [1.807, 2.05) is 73.6 Å². The molecule has 0 bridgehead atoms. The van der Waals surface area contributed by atoms with Crippen LogP contribution in [0.15, 0.2) is 54.6 Å². The van der Waals surface area contributed by atoms with Crippen LogP contribution in [0.2, 0.25) is 0 Å². The molecule has 1 atom stereocenters. The zero-order valence-corrected chi connectivity index (χ0v) is 14.6. The number of rotatable bonds is 5. The predicted octanol–water partition coefficient (Wildman–Crippen LogP) is 2.44. The van der Waals surface area contributed by atoms with Crippen LogP contribution < -0.4 is 4.74 Å². The van der Waals surface area contributed by atoms with Gasteiger partial charge in [-0.15, -0.1) is 0 Å². The highest BCUT2D eigenvalue weighted by molar-refractivity contribution is 5.87. The molecule has 25 heavy (non-hydrogen) atoms. The number of hydrogen-bond donors (Lipinski definition) is 0. The van der Waals surface area contributed by atoms with Crippen molar-refractivity contribution < 1.29 is 19.0 Å². The number of fused-ring (bicyclic) bond motifs is 1. The summed E-state index contributed by atoms with van der Waals surface area (Å²) in [5.74, 6) is 0.229. The Morgan fingerprint density at radius 2 is 1.80 bits per heavy atom. The third-order valence-corrected chi connectivity index (χ3v) is 4.17. The first-order chi connectivity index (χ1) is 12.1. The fraction of sp³-hybridized carbons (Fsp3) is 0.350. The number of para-hydroxylation sites is 1. The minimum Gasteiger partial charge on any atom is -0.491 e. The van der Waals surface area contributed by atoms with Crippen LogP contribution >= 0.6 is 0 Å². The van der Waals surface area contributed by atoms with Gasteiger partial charge in [0.05, 0.1) is 6.61 Å². The van der Waals surface area contributed by atoms with Crippen LogP contribution in [0, 0.1) is 0 Å². The Balaban J connectivity index is 2.06. The first-order valence-corrected chi connectivity index (χ1v) is 8.38. The molecule has 2 aromatic rings. The van der Waals surface area contributed by atoms with Gasteiger partial charge in [0, 0.05) is 12.1 Å². The van der Waals surface area contributed by atoms with Crippen LogP contribution in [0.5, 0.6) is 5.75 Å². The molecular weight excluding hydrogens is 318 g/mol. The summed E-state index contributed by atoms with van der Waals surface area (Å²) in [5, 5.41) is 0. The second-order valence-corrected chi connectivity index (χ2v) is 6.18. The molecule has 0 fully saturated rings. The number of carbonyl (C=O) groups is 1. The van der Waals surface area contributed by atoms with Gasteiger partial charge in [-0.3, -0.25) is 0 Å². The fourth-order valence-electron chi connectivity index (χ4n) is 2.93. The zero-order chi connectivity index (χ0) is 17.7. The molecule has 0 N–H and O–H groups in total. The van der Waals surface area contributed by atoms with Gasteiger partial charge in [0.1, 0.15) is 19.0 Å². The van der Waals surface area contributed by atoms with Gasteiger partial charge in [0.25, 0.3) is 0 Å². The maximum Gasteiger partial charge on any atom is 0.348 e. The lowest BCUT2D eigenvalue weighted by Crippen LogP contribution is -2.42. The highest BCUT2D eigenvalue weighted by Gasteiger charge is 2.48. The smallest absolute Gasteiger partial charge is 0.348 e. The highest BCUT2D eigenvalue weighted by Crippen LogP contribution is 2.41. The van der Waals surface area contributed by atoms with E-state index in [1.165, 1.54) is 0 Å². The van der Waals surface area contributed by atoms with Gasteiger partial charge in [-0.1, -0.05) is 48.5 Å². The number of esters is 1. The molecule has 5 heteroatoms. The molecule has 3 rings (SSSR count). The number of likely N-dealkylation sites (N-methyl/N-ethyl adjacent to an activating group) is 1. The quantitative estimate of drug-likeness (QED) is 0.782. The zero-order valence-electron chi connectivity index (χ0n) is 14.6. The van der Waals surface area contributed by atoms with Crippen LogP contribution in [0.4, 0.5) is 0 Å². The lowest BCUT2D eigenvalue weighted by molar-refractivity contribution is -0.168. The fourth-order valence-corrected chi connectivity index (χ4v) is 2.93. The molecule has 0 aromatic heterocycles. The second kappa shape index (κ2) is 7.68. The first-order valence-electron chi connectivity index (χ1n) is 8.38. The lowest BCUT2D eigenvalue weighted by atomic mass is 9.85. The summed E-state index contributed by atoms with van der Waals surface area (Å²) in [6, 6.07) is 16.9. The number of benzene rings is 2. The van der Waals surface area contributed by atoms with Crippen molar-refractivity contribution in [3.63, 3.8) is 0 Å². The average Bonchev–Trinajstić information content (AvgIpc) is 2.82. The molecule has 1 heterocycles. The van der Waals surface area contributed by atoms with Crippen molar-refractivity contribution >= 4 is 5.97 Å². The van der Waals surface area contributed by atoms with Crippen molar-refractivity contribution in [2.75, 3.05) is 40.5 Å². The van der Waals surface area contributed by atoms with E-state index in [9.17, 15) is 4.79 Å². The monoisotopic (exact) mass is 341 g/mol. The van der Waals surface area contributed by atoms with Crippen LogP contribution in [0.1, 0.15) is 11.1 Å². The van der Waals surface area contributed by atoms with E-state index in [0.29, 0.717) is 37.7 Å². The normalized spacial score (nSPS) is 19.6. The third-order valence-electron chi connectivity index (χ3n) is 4.17. The highest BCUT2D eigenvalue weighted by atomic mass is 16.6. The Hall–Kier alpha value is -2.37. The van der Waals surface area contributed by atoms with Crippen LogP contribution in [-0.2, 0) is 19.9 Å². The van der Waals surface area contributed by atoms with Crippen molar-refractivity contribution in [2.45, 2.75) is 5.60 Å². The molecule has 0 spiro atoms. The minimum atomic E-state index is -1.32. The van der Waals surface area contributed by atoms with E-state index in [0.717, 1.165) is 5.56 Å². The summed E-state index contributed by atoms with van der Waals surface area (Å²) in [6.45, 7) is 1.63. The molecule has 1 unspecified atom stereocenters. The first kappa shape index (κ1) is 17.5. The number of nitrogens with zero attached hydrogens (tertiary/aromatic N) is 1. The largest absolute Gasteiger partial charge is 0.491 e. The van der Waals surface area contributed by atoms with Gasteiger partial charge in [-0.25, -0.2) is 4.79 Å². The van der Waals surface area contributed by atoms with Crippen molar-refractivity contribution in [1.29, 1.82) is 0 Å². The van der Waals surface area contributed by atoms with Crippen molar-refractivity contribution in [3.8, 4) is 5.75 Å². The Morgan fingerprint density at radius 3 is 2.56 bits per heavy atom. The van der Waals surface area contributed by atoms with Crippen molar-refractivity contribution in [1.82, 2.24) is 4.90 Å². The second-order valence-electron chi connectivity index (χ2n) is 6.18.